The van der Waals surface area contributed by atoms with Crippen LogP contribution in [0.2, 0.25) is 0 Å². The number of hydrogen-bond acceptors (Lipinski definition) is 4. The number of anilines is 1. The molecule has 2 aliphatic rings. The molecule has 4 nitrogen and oxygen atoms in total. The first-order valence-corrected chi connectivity index (χ1v) is 10.7. The van der Waals surface area contributed by atoms with Crippen LogP contribution in [0.4, 0.5) is 5.69 Å². The minimum atomic E-state index is 0.536. The minimum absolute atomic E-state index is 0.536. The fraction of sp³-hybridized carbons (Fsp3) is 0.391. The Morgan fingerprint density at radius 3 is 2.36 bits per heavy atom. The molecule has 5 heteroatoms. The summed E-state index contributed by atoms with van der Waals surface area (Å²) in [5.41, 5.74) is 4.79. The predicted octanol–water partition coefficient (Wildman–Crippen LogP) is 4.77. The van der Waals surface area contributed by atoms with Crippen molar-refractivity contribution in [3.63, 3.8) is 0 Å². The van der Waals surface area contributed by atoms with Crippen molar-refractivity contribution in [1.29, 1.82) is 0 Å². The monoisotopic (exact) mass is 442 g/mol. The smallest absolute Gasteiger partial charge is 0.131 e. The Morgan fingerprint density at radius 1 is 1.00 bits per heavy atom. The van der Waals surface area contributed by atoms with E-state index in [1.54, 1.807) is 7.11 Å². The van der Waals surface area contributed by atoms with E-state index in [2.05, 4.69) is 69.9 Å². The van der Waals surface area contributed by atoms with Gasteiger partial charge in [0.05, 0.1) is 7.11 Å². The van der Waals surface area contributed by atoms with Gasteiger partial charge in [-0.3, -0.25) is 4.90 Å². The Hall–Kier alpha value is -1.98. The van der Waals surface area contributed by atoms with Gasteiger partial charge in [0.1, 0.15) is 18.1 Å². The molecule has 0 unspecified atom stereocenters. The maximum atomic E-state index is 5.88. The predicted molar refractivity (Wildman–Crippen MR) is 119 cm³/mol. The molecule has 0 atom stereocenters. The Bertz CT molecular complexity index is 869. The van der Waals surface area contributed by atoms with Crippen molar-refractivity contribution in [2.45, 2.75) is 19.9 Å². The summed E-state index contributed by atoms with van der Waals surface area (Å²) in [6.45, 7) is 9.51. The number of nitrogens with zero attached hydrogens (tertiary/aromatic N) is 2. The van der Waals surface area contributed by atoms with Crippen molar-refractivity contribution >= 4 is 27.2 Å². The highest BCUT2D eigenvalue weighted by atomic mass is 79.9. The number of fused-ring (bicyclic) bond motifs is 1. The van der Waals surface area contributed by atoms with Crippen molar-refractivity contribution in [2.75, 3.05) is 44.8 Å². The molecule has 148 valence electrons. The highest BCUT2D eigenvalue weighted by Crippen LogP contribution is 2.41. The second-order valence-electron chi connectivity index (χ2n) is 7.59. The van der Waals surface area contributed by atoms with Crippen molar-refractivity contribution in [1.82, 2.24) is 4.90 Å². The average Bonchev–Trinajstić information content (AvgIpc) is 2.73. The molecule has 4 rings (SSSR count). The summed E-state index contributed by atoms with van der Waals surface area (Å²) in [6.07, 6.45) is 0. The molecule has 1 saturated heterocycles. The number of benzene rings is 2. The van der Waals surface area contributed by atoms with Gasteiger partial charge in [-0.2, -0.15) is 0 Å². The fourth-order valence-electron chi connectivity index (χ4n) is 3.96. The number of piperazine rings is 1. The quantitative estimate of drug-likeness (QED) is 0.680. The summed E-state index contributed by atoms with van der Waals surface area (Å²) >= 11 is 3.72. The van der Waals surface area contributed by atoms with E-state index < -0.39 is 0 Å². The number of methoxy groups -OCH3 is 1. The van der Waals surface area contributed by atoms with Gasteiger partial charge in [0, 0.05) is 59.6 Å². The maximum Gasteiger partial charge on any atom is 0.131 e. The zero-order valence-electron chi connectivity index (χ0n) is 16.7. The average molecular weight is 443 g/mol. The molecule has 2 aromatic rings. The topological polar surface area (TPSA) is 24.9 Å². The zero-order valence-corrected chi connectivity index (χ0v) is 18.3. The zero-order chi connectivity index (χ0) is 19.7. The molecule has 2 heterocycles. The Kier molecular flexibility index (Phi) is 5.65. The third kappa shape index (κ3) is 3.78. The number of hydrogen-bond donors (Lipinski definition) is 0. The molecule has 0 amide bonds. The molecule has 0 spiro atoms. The van der Waals surface area contributed by atoms with E-state index in [-0.39, 0.29) is 0 Å². The van der Waals surface area contributed by atoms with E-state index in [4.69, 9.17) is 9.47 Å². The van der Waals surface area contributed by atoms with Crippen LogP contribution in [0, 0.1) is 0 Å². The largest absolute Gasteiger partial charge is 0.497 e. The standard InChI is InChI=1S/C23H27BrN2O2/c1-16(2)25-10-12-26(13-11-25)18-6-4-17(5-7-18)23-20-9-8-19(27-3)14-22(20)28-15-21(23)24/h4-9,14,16H,10-13,15H2,1-3H3. The van der Waals surface area contributed by atoms with Gasteiger partial charge in [0.15, 0.2) is 0 Å². The van der Waals surface area contributed by atoms with E-state index in [1.165, 1.54) is 16.8 Å². The van der Waals surface area contributed by atoms with Crippen LogP contribution in [0.25, 0.3) is 5.57 Å². The lowest BCUT2D eigenvalue weighted by molar-refractivity contribution is 0.209. The lowest BCUT2D eigenvalue weighted by Crippen LogP contribution is -2.48. The molecular weight excluding hydrogens is 416 g/mol. The lowest BCUT2D eigenvalue weighted by Gasteiger charge is -2.38. The molecule has 0 radical (unpaired) electrons. The molecule has 0 aliphatic carbocycles. The summed E-state index contributed by atoms with van der Waals surface area (Å²) in [5.74, 6) is 1.68. The molecule has 28 heavy (non-hydrogen) atoms. The van der Waals surface area contributed by atoms with Gasteiger partial charge in [0.25, 0.3) is 0 Å². The summed E-state index contributed by atoms with van der Waals surface area (Å²) in [7, 11) is 1.68. The van der Waals surface area contributed by atoms with Crippen LogP contribution in [-0.2, 0) is 0 Å². The van der Waals surface area contributed by atoms with Gasteiger partial charge in [-0.25, -0.2) is 0 Å². The fourth-order valence-corrected chi connectivity index (χ4v) is 4.52. The van der Waals surface area contributed by atoms with Crippen LogP contribution in [0.15, 0.2) is 46.9 Å². The van der Waals surface area contributed by atoms with Crippen molar-refractivity contribution in [3.05, 3.63) is 58.1 Å². The summed E-state index contributed by atoms with van der Waals surface area (Å²) < 4.78 is 12.3. The Labute approximate surface area is 175 Å². The van der Waals surface area contributed by atoms with Crippen molar-refractivity contribution in [2.24, 2.45) is 0 Å². The first-order valence-electron chi connectivity index (χ1n) is 9.86. The van der Waals surface area contributed by atoms with E-state index in [0.29, 0.717) is 12.6 Å². The minimum Gasteiger partial charge on any atom is -0.497 e. The molecule has 2 aromatic carbocycles. The van der Waals surface area contributed by atoms with Gasteiger partial charge < -0.3 is 14.4 Å². The Balaban J connectivity index is 1.56. The highest BCUT2D eigenvalue weighted by molar-refractivity contribution is 9.11. The second kappa shape index (κ2) is 8.18. The van der Waals surface area contributed by atoms with Crippen LogP contribution in [0.3, 0.4) is 0 Å². The van der Waals surface area contributed by atoms with E-state index >= 15 is 0 Å². The summed E-state index contributed by atoms with van der Waals surface area (Å²) in [6, 6.07) is 15.6. The van der Waals surface area contributed by atoms with E-state index in [1.807, 2.05) is 12.1 Å². The SMILES string of the molecule is COc1ccc2c(c1)OCC(Br)=C2c1ccc(N2CCN(C(C)C)CC2)cc1. The van der Waals surface area contributed by atoms with Gasteiger partial charge in [-0.15, -0.1) is 0 Å². The van der Waals surface area contributed by atoms with Crippen LogP contribution < -0.4 is 14.4 Å². The van der Waals surface area contributed by atoms with E-state index in [0.717, 1.165) is 47.7 Å². The van der Waals surface area contributed by atoms with Gasteiger partial charge in [0.2, 0.25) is 0 Å². The third-order valence-electron chi connectivity index (χ3n) is 5.65. The molecule has 0 bridgehead atoms. The number of halogens is 1. The van der Waals surface area contributed by atoms with Crippen LogP contribution >= 0.6 is 15.9 Å². The molecule has 1 fully saturated rings. The van der Waals surface area contributed by atoms with Crippen molar-refractivity contribution < 1.29 is 9.47 Å². The number of rotatable bonds is 4. The van der Waals surface area contributed by atoms with Gasteiger partial charge in [-0.1, -0.05) is 28.1 Å². The van der Waals surface area contributed by atoms with E-state index in [9.17, 15) is 0 Å². The highest BCUT2D eigenvalue weighted by Gasteiger charge is 2.22. The normalized spacial score (nSPS) is 17.5. The molecule has 0 saturated carbocycles. The molecular formula is C23H27BrN2O2. The van der Waals surface area contributed by atoms with Gasteiger partial charge >= 0.3 is 0 Å². The molecule has 0 aromatic heterocycles. The molecule has 2 aliphatic heterocycles. The van der Waals surface area contributed by atoms with Gasteiger partial charge in [-0.05, 0) is 43.7 Å². The first kappa shape index (κ1) is 19.3. The van der Waals surface area contributed by atoms with Crippen LogP contribution in [-0.4, -0.2) is 50.8 Å². The third-order valence-corrected chi connectivity index (χ3v) is 6.27. The second-order valence-corrected chi connectivity index (χ2v) is 8.55. The van der Waals surface area contributed by atoms with Crippen LogP contribution in [0.1, 0.15) is 25.0 Å². The summed E-state index contributed by atoms with van der Waals surface area (Å²) in [5, 5.41) is 0. The van der Waals surface area contributed by atoms with Crippen LogP contribution in [0.5, 0.6) is 11.5 Å². The number of ether oxygens (including phenoxy) is 2. The molecule has 0 N–H and O–H groups in total. The summed E-state index contributed by atoms with van der Waals surface area (Å²) in [4.78, 5) is 5.02. The maximum absolute atomic E-state index is 5.88. The lowest BCUT2D eigenvalue weighted by atomic mass is 9.95. The van der Waals surface area contributed by atoms with Crippen molar-refractivity contribution in [3.8, 4) is 11.5 Å². The first-order chi connectivity index (χ1) is 13.6. The Morgan fingerprint density at radius 2 is 1.71 bits per heavy atom.